The molecule has 1 saturated heterocycles. The third kappa shape index (κ3) is 5.93. The van der Waals surface area contributed by atoms with E-state index in [0.29, 0.717) is 48.2 Å². The molecule has 2 aromatic carbocycles. The van der Waals surface area contributed by atoms with Gasteiger partial charge in [0.25, 0.3) is 5.91 Å². The fraction of sp³-hybridized carbons (Fsp3) is 0.280. The van der Waals surface area contributed by atoms with Crippen molar-refractivity contribution in [2.45, 2.75) is 11.8 Å². The van der Waals surface area contributed by atoms with Gasteiger partial charge in [0.15, 0.2) is 6.61 Å². The number of amides is 1. The van der Waals surface area contributed by atoms with E-state index in [4.69, 9.17) is 14.2 Å². The Morgan fingerprint density at radius 3 is 2.42 bits per heavy atom. The van der Waals surface area contributed by atoms with Crippen LogP contribution >= 0.6 is 11.3 Å². The zero-order valence-corrected chi connectivity index (χ0v) is 21.3. The zero-order valence-electron chi connectivity index (χ0n) is 19.6. The second-order valence-electron chi connectivity index (χ2n) is 7.76. The summed E-state index contributed by atoms with van der Waals surface area (Å²) in [6.45, 7) is 2.95. The largest absolute Gasteiger partial charge is 0.484 e. The topological polar surface area (TPSA) is 111 Å². The predicted octanol–water partition coefficient (Wildman–Crippen LogP) is 3.63. The number of carbonyl (C=O) groups excluding carboxylic acids is 2. The number of morpholine rings is 1. The summed E-state index contributed by atoms with van der Waals surface area (Å²) >= 11 is 1.22. The lowest BCUT2D eigenvalue weighted by Gasteiger charge is -2.26. The van der Waals surface area contributed by atoms with Gasteiger partial charge in [0.2, 0.25) is 10.0 Å². The molecule has 0 radical (unpaired) electrons. The standard InChI is InChI=1S/C25H26N2O7S2/c1-2-33-25(29)23-21(18-6-4-3-5-7-18)17-35-24(23)26-22(28)16-34-19-8-10-20(11-9-19)36(30,31)27-12-14-32-15-13-27/h3-11,17H,2,12-16H2,1H3,(H,26,28). The van der Waals surface area contributed by atoms with E-state index in [-0.39, 0.29) is 18.1 Å². The first-order valence-electron chi connectivity index (χ1n) is 11.3. The number of ether oxygens (including phenoxy) is 3. The maximum absolute atomic E-state index is 12.7. The van der Waals surface area contributed by atoms with Gasteiger partial charge in [0.05, 0.1) is 24.7 Å². The summed E-state index contributed by atoms with van der Waals surface area (Å²) < 4.78 is 42.8. The molecular weight excluding hydrogens is 504 g/mol. The number of rotatable bonds is 9. The average Bonchev–Trinajstić information content (AvgIpc) is 3.32. The van der Waals surface area contributed by atoms with Crippen LogP contribution in [0.15, 0.2) is 64.9 Å². The van der Waals surface area contributed by atoms with E-state index < -0.39 is 21.9 Å². The van der Waals surface area contributed by atoms with Crippen LogP contribution in [0, 0.1) is 0 Å². The molecule has 4 rings (SSSR count). The van der Waals surface area contributed by atoms with E-state index in [9.17, 15) is 18.0 Å². The molecule has 190 valence electrons. The summed E-state index contributed by atoms with van der Waals surface area (Å²) in [4.78, 5) is 25.4. The van der Waals surface area contributed by atoms with Gasteiger partial charge >= 0.3 is 5.97 Å². The number of anilines is 1. The monoisotopic (exact) mass is 530 g/mol. The lowest BCUT2D eigenvalue weighted by atomic mass is 10.0. The molecule has 0 bridgehead atoms. The van der Waals surface area contributed by atoms with Crippen LogP contribution in [0.1, 0.15) is 17.3 Å². The van der Waals surface area contributed by atoms with Crippen molar-refractivity contribution in [3.05, 3.63) is 65.5 Å². The van der Waals surface area contributed by atoms with Crippen LogP contribution in [0.4, 0.5) is 5.00 Å². The van der Waals surface area contributed by atoms with Crippen molar-refractivity contribution in [3.63, 3.8) is 0 Å². The fourth-order valence-electron chi connectivity index (χ4n) is 3.64. The Morgan fingerprint density at radius 1 is 1.06 bits per heavy atom. The third-order valence-electron chi connectivity index (χ3n) is 5.41. The lowest BCUT2D eigenvalue weighted by Crippen LogP contribution is -2.40. The lowest BCUT2D eigenvalue weighted by molar-refractivity contribution is -0.118. The minimum Gasteiger partial charge on any atom is -0.484 e. The Bertz CT molecular complexity index is 1300. The SMILES string of the molecule is CCOC(=O)c1c(-c2ccccc2)csc1NC(=O)COc1ccc(S(=O)(=O)N2CCOCC2)cc1. The molecule has 1 aliphatic rings. The van der Waals surface area contributed by atoms with E-state index in [1.165, 1.54) is 39.9 Å². The Balaban J connectivity index is 1.41. The van der Waals surface area contributed by atoms with Crippen LogP contribution in [0.5, 0.6) is 5.75 Å². The highest BCUT2D eigenvalue weighted by molar-refractivity contribution is 7.89. The van der Waals surface area contributed by atoms with E-state index in [2.05, 4.69) is 5.32 Å². The molecule has 0 saturated carbocycles. The normalized spacial score (nSPS) is 14.2. The number of sulfonamides is 1. The molecule has 0 unspecified atom stereocenters. The number of hydrogen-bond donors (Lipinski definition) is 1. The highest BCUT2D eigenvalue weighted by Gasteiger charge is 2.26. The van der Waals surface area contributed by atoms with Gasteiger partial charge in [0, 0.05) is 24.0 Å². The Kier molecular flexibility index (Phi) is 8.36. The van der Waals surface area contributed by atoms with Gasteiger partial charge in [-0.1, -0.05) is 30.3 Å². The number of nitrogens with zero attached hydrogens (tertiary/aromatic N) is 1. The number of carbonyl (C=O) groups is 2. The molecule has 1 N–H and O–H groups in total. The van der Waals surface area contributed by atoms with E-state index in [0.717, 1.165) is 5.56 Å². The molecule has 36 heavy (non-hydrogen) atoms. The first kappa shape index (κ1) is 25.8. The van der Waals surface area contributed by atoms with E-state index in [1.807, 2.05) is 30.3 Å². The molecule has 0 atom stereocenters. The molecule has 2 heterocycles. The fourth-order valence-corrected chi connectivity index (χ4v) is 6.02. The van der Waals surface area contributed by atoms with Crippen LogP contribution < -0.4 is 10.1 Å². The minimum atomic E-state index is -3.61. The average molecular weight is 531 g/mol. The maximum atomic E-state index is 12.7. The van der Waals surface area contributed by atoms with Gasteiger partial charge in [-0.05, 0) is 36.8 Å². The summed E-state index contributed by atoms with van der Waals surface area (Å²) in [5.74, 6) is -0.647. The summed E-state index contributed by atoms with van der Waals surface area (Å²) in [6.07, 6.45) is 0. The number of hydrogen-bond acceptors (Lipinski definition) is 8. The van der Waals surface area contributed by atoms with Gasteiger partial charge in [-0.3, -0.25) is 4.79 Å². The smallest absolute Gasteiger partial charge is 0.341 e. The van der Waals surface area contributed by atoms with Crippen LogP contribution in [0.3, 0.4) is 0 Å². The number of benzene rings is 2. The first-order chi connectivity index (χ1) is 17.4. The molecule has 1 fully saturated rings. The second-order valence-corrected chi connectivity index (χ2v) is 10.6. The predicted molar refractivity (Wildman–Crippen MR) is 136 cm³/mol. The quantitative estimate of drug-likeness (QED) is 0.421. The molecule has 1 aliphatic heterocycles. The molecule has 0 spiro atoms. The third-order valence-corrected chi connectivity index (χ3v) is 8.22. The van der Waals surface area contributed by atoms with Crippen LogP contribution in [0.2, 0.25) is 0 Å². The summed E-state index contributed by atoms with van der Waals surface area (Å²) in [7, 11) is -3.61. The molecule has 9 nitrogen and oxygen atoms in total. The van der Waals surface area contributed by atoms with Crippen LogP contribution in [-0.4, -0.2) is 64.1 Å². The van der Waals surface area contributed by atoms with Crippen molar-refractivity contribution >= 4 is 38.2 Å². The maximum Gasteiger partial charge on any atom is 0.341 e. The van der Waals surface area contributed by atoms with E-state index >= 15 is 0 Å². The number of nitrogens with one attached hydrogen (secondary N) is 1. The van der Waals surface area contributed by atoms with E-state index in [1.54, 1.807) is 12.3 Å². The van der Waals surface area contributed by atoms with Gasteiger partial charge in [-0.25, -0.2) is 13.2 Å². The highest BCUT2D eigenvalue weighted by atomic mass is 32.2. The van der Waals surface area contributed by atoms with Gasteiger partial charge in [-0.15, -0.1) is 11.3 Å². The molecule has 11 heteroatoms. The number of thiophene rings is 1. The molecule has 0 aliphatic carbocycles. The Labute approximate surface area is 213 Å². The molecule has 1 amide bonds. The second kappa shape index (κ2) is 11.7. The van der Waals surface area contributed by atoms with Crippen molar-refractivity contribution in [2.75, 3.05) is 44.8 Å². The van der Waals surface area contributed by atoms with Crippen molar-refractivity contribution in [3.8, 4) is 16.9 Å². The van der Waals surface area contributed by atoms with Gasteiger partial charge < -0.3 is 19.5 Å². The van der Waals surface area contributed by atoms with Crippen molar-refractivity contribution in [2.24, 2.45) is 0 Å². The Hall–Kier alpha value is -3.25. The van der Waals surface area contributed by atoms with Gasteiger partial charge in [-0.2, -0.15) is 4.31 Å². The summed E-state index contributed by atoms with van der Waals surface area (Å²) in [6, 6.07) is 15.3. The van der Waals surface area contributed by atoms with Crippen LogP contribution in [0.25, 0.3) is 11.1 Å². The number of esters is 1. The highest BCUT2D eigenvalue weighted by Crippen LogP contribution is 2.36. The van der Waals surface area contributed by atoms with Crippen molar-refractivity contribution in [1.29, 1.82) is 0 Å². The van der Waals surface area contributed by atoms with Crippen molar-refractivity contribution in [1.82, 2.24) is 4.31 Å². The molecule has 3 aromatic rings. The molecular formula is C25H26N2O7S2. The minimum absolute atomic E-state index is 0.146. The summed E-state index contributed by atoms with van der Waals surface area (Å²) in [5, 5.41) is 4.89. The first-order valence-corrected chi connectivity index (χ1v) is 13.7. The van der Waals surface area contributed by atoms with Gasteiger partial charge in [0.1, 0.15) is 16.3 Å². The summed E-state index contributed by atoms with van der Waals surface area (Å²) in [5.41, 5.74) is 1.80. The van der Waals surface area contributed by atoms with Crippen molar-refractivity contribution < 1.29 is 32.2 Å². The Morgan fingerprint density at radius 2 is 1.75 bits per heavy atom. The molecule has 1 aromatic heterocycles. The zero-order chi connectivity index (χ0) is 25.5. The van der Waals surface area contributed by atoms with Crippen LogP contribution in [-0.2, 0) is 24.3 Å².